The largest absolute Gasteiger partial charge is 0.462 e. The number of cyclic esters (lactones) is 2. The number of ether oxygens (including phenoxy) is 3. The van der Waals surface area contributed by atoms with Crippen LogP contribution in [-0.4, -0.2) is 58.6 Å². The van der Waals surface area contributed by atoms with E-state index in [0.717, 1.165) is 28.3 Å². The van der Waals surface area contributed by atoms with Crippen LogP contribution >= 0.6 is 11.3 Å². The predicted molar refractivity (Wildman–Crippen MR) is 167 cm³/mol. The van der Waals surface area contributed by atoms with Crippen LogP contribution in [0.2, 0.25) is 0 Å². The van der Waals surface area contributed by atoms with Crippen molar-refractivity contribution in [2.45, 2.75) is 117 Å². The Balaban J connectivity index is 2.37. The number of nitrogens with zero attached hydrogens (tertiary/aromatic N) is 1. The molecule has 1 aromatic rings. The van der Waals surface area contributed by atoms with Crippen molar-refractivity contribution < 1.29 is 33.7 Å². The zero-order valence-corrected chi connectivity index (χ0v) is 27.2. The Kier molecular flexibility index (Phi) is 14.7. The third-order valence-electron chi connectivity index (χ3n) is 6.27. The predicted octanol–water partition coefficient (Wildman–Crippen LogP) is 5.93. The number of alkyl carbamates (subject to hydrolysis) is 1. The van der Waals surface area contributed by atoms with Gasteiger partial charge in [-0.2, -0.15) is 0 Å². The van der Waals surface area contributed by atoms with E-state index < -0.39 is 41.9 Å². The highest BCUT2D eigenvalue weighted by Crippen LogP contribution is 2.26. The summed E-state index contributed by atoms with van der Waals surface area (Å²) in [6.45, 7) is 13.0. The van der Waals surface area contributed by atoms with Crippen LogP contribution in [0.1, 0.15) is 97.2 Å². The Labute approximate surface area is 259 Å². The van der Waals surface area contributed by atoms with Gasteiger partial charge in [-0.3, -0.25) is 4.79 Å². The van der Waals surface area contributed by atoms with Crippen LogP contribution < -0.4 is 5.32 Å². The lowest BCUT2D eigenvalue weighted by atomic mass is 9.97. The van der Waals surface area contributed by atoms with Crippen LogP contribution in [0.25, 0.3) is 0 Å². The van der Waals surface area contributed by atoms with Gasteiger partial charge in [0.2, 0.25) is 0 Å². The number of allylic oxidation sites excluding steroid dienone is 4. The SMILES string of the molecule is CC(/C=C/CCCO)=C\[C@@H]1Cc2nc(cs2)[C@@H](C)C[C@@H](NC(=O)OC(C)(C)C)CC(=O)O[C@@H](C)C/C(C)=C/C#CC(=O)O1. The normalized spacial score (nSPS) is 24.3. The summed E-state index contributed by atoms with van der Waals surface area (Å²) in [6.07, 6.45) is 8.43. The number of unbranched alkanes of at least 4 members (excludes halogenated alkanes) is 1. The van der Waals surface area contributed by atoms with Crippen LogP contribution in [0.4, 0.5) is 4.79 Å². The lowest BCUT2D eigenvalue weighted by molar-refractivity contribution is -0.148. The molecule has 4 atom stereocenters. The van der Waals surface area contributed by atoms with E-state index >= 15 is 0 Å². The standard InChI is InChI=1S/C33H46N2O7S/c1-22-13-11-14-30(37)41-27(17-23(2)12-9-8-10-15-36)20-29-35-28(21-43-29)24(3)18-26(19-31(38)40-25(4)16-22)34-32(39)42-33(5,6)7/h9,12-13,17,21,24-27,36H,8,10,15-16,18-20H2,1-7H3,(H,34,39)/b12-9+,22-13+,23-17+/t24-,25-,26+,27+/m0/s1. The highest BCUT2D eigenvalue weighted by atomic mass is 32.1. The van der Waals surface area contributed by atoms with Gasteiger partial charge in [0.15, 0.2) is 0 Å². The molecular weight excluding hydrogens is 568 g/mol. The number of esters is 2. The third-order valence-corrected chi connectivity index (χ3v) is 7.16. The van der Waals surface area contributed by atoms with Gasteiger partial charge < -0.3 is 24.6 Å². The fourth-order valence-corrected chi connectivity index (χ4v) is 5.37. The summed E-state index contributed by atoms with van der Waals surface area (Å²) >= 11 is 1.46. The zero-order valence-electron chi connectivity index (χ0n) is 26.4. The van der Waals surface area contributed by atoms with Gasteiger partial charge in [0, 0.05) is 42.7 Å². The number of hydrogen-bond donors (Lipinski definition) is 2. The summed E-state index contributed by atoms with van der Waals surface area (Å²) in [7, 11) is 0. The summed E-state index contributed by atoms with van der Waals surface area (Å²) in [5, 5.41) is 14.6. The molecule has 0 unspecified atom stereocenters. The summed E-state index contributed by atoms with van der Waals surface area (Å²) < 4.78 is 16.8. The summed E-state index contributed by atoms with van der Waals surface area (Å²) in [4.78, 5) is 42.9. The minimum atomic E-state index is -0.683. The number of hydrogen-bond acceptors (Lipinski definition) is 9. The molecule has 0 fully saturated rings. The highest BCUT2D eigenvalue weighted by Gasteiger charge is 2.26. The first kappa shape index (κ1) is 35.8. The van der Waals surface area contributed by atoms with Crippen LogP contribution in [-0.2, 0) is 30.2 Å². The summed E-state index contributed by atoms with van der Waals surface area (Å²) in [5.74, 6) is 4.09. The van der Waals surface area contributed by atoms with Crippen molar-refractivity contribution in [1.82, 2.24) is 10.3 Å². The van der Waals surface area contributed by atoms with E-state index in [2.05, 4.69) is 17.2 Å². The zero-order chi connectivity index (χ0) is 32.0. The van der Waals surface area contributed by atoms with Crippen molar-refractivity contribution in [2.24, 2.45) is 0 Å². The molecule has 0 spiro atoms. The number of carbonyl (C=O) groups is 3. The fraction of sp³-hybridized carbons (Fsp3) is 0.576. The lowest BCUT2D eigenvalue weighted by Crippen LogP contribution is -2.41. The Hall–Kier alpha value is -3.42. The number of aliphatic hydroxyl groups excluding tert-OH is 1. The molecule has 10 heteroatoms. The quantitative estimate of drug-likeness (QED) is 0.101. The molecule has 0 aliphatic carbocycles. The fourth-order valence-electron chi connectivity index (χ4n) is 4.41. The summed E-state index contributed by atoms with van der Waals surface area (Å²) in [5.41, 5.74) is 1.88. The van der Waals surface area contributed by atoms with Gasteiger partial charge in [0.1, 0.15) is 17.8 Å². The van der Waals surface area contributed by atoms with Gasteiger partial charge in [0.25, 0.3) is 0 Å². The second-order valence-corrected chi connectivity index (χ2v) is 12.9. The minimum Gasteiger partial charge on any atom is -0.462 e. The molecule has 236 valence electrons. The maximum Gasteiger partial charge on any atom is 0.407 e. The average Bonchev–Trinajstić information content (AvgIpc) is 3.33. The Morgan fingerprint density at radius 1 is 1.23 bits per heavy atom. The van der Waals surface area contributed by atoms with E-state index in [4.69, 9.17) is 24.3 Å². The molecule has 2 bridgehead atoms. The Bertz CT molecular complexity index is 1250. The van der Waals surface area contributed by atoms with E-state index in [1.807, 2.05) is 44.4 Å². The number of thiazole rings is 1. The van der Waals surface area contributed by atoms with Gasteiger partial charge in [-0.15, -0.1) is 11.3 Å². The van der Waals surface area contributed by atoms with Gasteiger partial charge in [0.05, 0.1) is 17.1 Å². The number of nitrogens with one attached hydrogen (secondary N) is 1. The first-order chi connectivity index (χ1) is 20.2. The first-order valence-electron chi connectivity index (χ1n) is 14.7. The Morgan fingerprint density at radius 2 is 1.98 bits per heavy atom. The van der Waals surface area contributed by atoms with E-state index in [-0.39, 0.29) is 18.9 Å². The van der Waals surface area contributed by atoms with Crippen molar-refractivity contribution >= 4 is 29.4 Å². The number of fused-ring (bicyclic) bond motifs is 2. The molecule has 9 nitrogen and oxygen atoms in total. The highest BCUT2D eigenvalue weighted by molar-refractivity contribution is 7.09. The maximum atomic E-state index is 12.9. The molecular formula is C33H46N2O7S. The monoisotopic (exact) mass is 614 g/mol. The van der Waals surface area contributed by atoms with Crippen LogP contribution in [0, 0.1) is 11.8 Å². The second kappa shape index (κ2) is 17.6. The molecule has 1 aliphatic rings. The number of aliphatic hydroxyl groups is 1. The van der Waals surface area contributed by atoms with Crippen LogP contribution in [0.3, 0.4) is 0 Å². The van der Waals surface area contributed by atoms with E-state index in [9.17, 15) is 14.4 Å². The van der Waals surface area contributed by atoms with Crippen molar-refractivity contribution in [2.75, 3.05) is 6.61 Å². The third kappa shape index (κ3) is 15.0. The molecule has 2 N–H and O–H groups in total. The maximum absolute atomic E-state index is 12.9. The lowest BCUT2D eigenvalue weighted by Gasteiger charge is -2.25. The average molecular weight is 615 g/mol. The molecule has 1 aromatic heterocycles. The molecule has 2 rings (SSSR count). The number of rotatable bonds is 6. The van der Waals surface area contributed by atoms with Crippen LogP contribution in [0.15, 0.2) is 40.8 Å². The van der Waals surface area contributed by atoms with Crippen LogP contribution in [0.5, 0.6) is 0 Å². The van der Waals surface area contributed by atoms with E-state index in [1.54, 1.807) is 33.8 Å². The van der Waals surface area contributed by atoms with Crippen molar-refractivity contribution in [3.05, 3.63) is 51.5 Å². The van der Waals surface area contributed by atoms with Crippen molar-refractivity contribution in [3.8, 4) is 11.8 Å². The van der Waals surface area contributed by atoms with E-state index in [1.165, 1.54) is 11.3 Å². The molecule has 0 radical (unpaired) electrons. The molecule has 0 saturated heterocycles. The Morgan fingerprint density at radius 3 is 2.67 bits per heavy atom. The van der Waals surface area contributed by atoms with E-state index in [0.29, 0.717) is 25.7 Å². The molecule has 0 saturated carbocycles. The smallest absolute Gasteiger partial charge is 0.407 e. The summed E-state index contributed by atoms with van der Waals surface area (Å²) in [6, 6.07) is -0.531. The van der Waals surface area contributed by atoms with Gasteiger partial charge in [-0.1, -0.05) is 36.1 Å². The molecule has 2 heterocycles. The topological polar surface area (TPSA) is 124 Å². The minimum absolute atomic E-state index is 0.0200. The van der Waals surface area contributed by atoms with Crippen molar-refractivity contribution in [1.29, 1.82) is 0 Å². The first-order valence-corrected chi connectivity index (χ1v) is 15.6. The molecule has 1 amide bonds. The molecule has 43 heavy (non-hydrogen) atoms. The second-order valence-electron chi connectivity index (χ2n) is 11.9. The van der Waals surface area contributed by atoms with Gasteiger partial charge in [-0.05, 0) is 73.0 Å². The number of aromatic nitrogens is 1. The molecule has 1 aliphatic heterocycles. The molecule has 0 aromatic carbocycles. The number of amides is 1. The number of carbonyl (C=O) groups excluding carboxylic acids is 3. The van der Waals surface area contributed by atoms with Crippen molar-refractivity contribution in [3.63, 3.8) is 0 Å². The van der Waals surface area contributed by atoms with Gasteiger partial charge in [-0.25, -0.2) is 14.6 Å². The van der Waals surface area contributed by atoms with Gasteiger partial charge >= 0.3 is 18.0 Å².